The summed E-state index contributed by atoms with van der Waals surface area (Å²) in [7, 11) is 0. The molecule has 1 unspecified atom stereocenters. The van der Waals surface area contributed by atoms with Gasteiger partial charge in [-0.05, 0) is 31.0 Å². The number of hydrogen-bond acceptors (Lipinski definition) is 2. The summed E-state index contributed by atoms with van der Waals surface area (Å²) in [5, 5.41) is 2.90. The third-order valence-electron chi connectivity index (χ3n) is 2.71. The minimum Gasteiger partial charge on any atom is -0.493 e. The molecule has 1 aromatic carbocycles. The Morgan fingerprint density at radius 2 is 2.26 bits per heavy atom. The van der Waals surface area contributed by atoms with Crippen molar-refractivity contribution < 1.29 is 9.53 Å². The minimum atomic E-state index is 0.0354. The fourth-order valence-corrected chi connectivity index (χ4v) is 2.31. The summed E-state index contributed by atoms with van der Waals surface area (Å²) >= 11 is 3.53. The Balaban J connectivity index is 2.17. The van der Waals surface area contributed by atoms with Crippen LogP contribution in [0.2, 0.25) is 0 Å². The number of hydrogen-bond donors (Lipinski definition) is 1. The van der Waals surface area contributed by atoms with Crippen LogP contribution in [0.3, 0.4) is 0 Å². The predicted octanol–water partition coefficient (Wildman–Crippen LogP) is 3.44. The molecule has 0 saturated carbocycles. The molecular formula is C15H22BrNO2. The van der Waals surface area contributed by atoms with Gasteiger partial charge >= 0.3 is 0 Å². The fraction of sp³-hybridized carbons (Fsp3) is 0.533. The second-order valence-corrected chi connectivity index (χ2v) is 5.90. The number of alkyl halides is 1. The molecule has 0 bridgehead atoms. The zero-order valence-electron chi connectivity index (χ0n) is 11.6. The summed E-state index contributed by atoms with van der Waals surface area (Å²) in [5.41, 5.74) is 1.16. The summed E-state index contributed by atoms with van der Waals surface area (Å²) in [4.78, 5) is 12.0. The maximum absolute atomic E-state index is 11.6. The number of nitrogens with one attached hydrogen (secondary N) is 1. The highest BCUT2D eigenvalue weighted by Gasteiger charge is 2.06. The second-order valence-electron chi connectivity index (χ2n) is 4.61. The maximum Gasteiger partial charge on any atom is 0.223 e. The highest BCUT2D eigenvalue weighted by Crippen LogP contribution is 2.12. The van der Waals surface area contributed by atoms with Crippen molar-refractivity contribution in [2.45, 2.75) is 37.9 Å². The highest BCUT2D eigenvalue weighted by molar-refractivity contribution is 9.09. The second kappa shape index (κ2) is 8.97. The van der Waals surface area contributed by atoms with Gasteiger partial charge in [-0.2, -0.15) is 0 Å². The molecule has 1 N–H and O–H groups in total. The smallest absolute Gasteiger partial charge is 0.223 e. The van der Waals surface area contributed by atoms with Crippen LogP contribution < -0.4 is 10.1 Å². The Morgan fingerprint density at radius 3 is 2.95 bits per heavy atom. The van der Waals surface area contributed by atoms with E-state index in [0.29, 0.717) is 24.4 Å². The molecule has 0 fully saturated rings. The van der Waals surface area contributed by atoms with Crippen LogP contribution in [0.25, 0.3) is 0 Å². The first-order valence-electron chi connectivity index (χ1n) is 6.72. The van der Waals surface area contributed by atoms with Gasteiger partial charge in [0.05, 0.1) is 13.0 Å². The maximum atomic E-state index is 11.6. The van der Waals surface area contributed by atoms with Crippen molar-refractivity contribution in [3.05, 3.63) is 29.8 Å². The van der Waals surface area contributed by atoms with Crippen molar-refractivity contribution in [3.63, 3.8) is 0 Å². The summed E-state index contributed by atoms with van der Waals surface area (Å²) in [6.07, 6.45) is 2.57. The molecule has 3 nitrogen and oxygen atoms in total. The van der Waals surface area contributed by atoms with Crippen LogP contribution in [0.4, 0.5) is 0 Å². The van der Waals surface area contributed by atoms with E-state index in [1.54, 1.807) is 0 Å². The van der Waals surface area contributed by atoms with E-state index in [4.69, 9.17) is 4.74 Å². The third-order valence-corrected chi connectivity index (χ3v) is 3.49. The van der Waals surface area contributed by atoms with Crippen molar-refractivity contribution in [2.24, 2.45) is 0 Å². The fourth-order valence-electron chi connectivity index (χ4n) is 1.69. The number of ether oxygens (including phenoxy) is 1. The van der Waals surface area contributed by atoms with E-state index in [2.05, 4.69) is 28.2 Å². The SMILES string of the molecule is CCCC(Br)CNC(=O)CCOc1cccc(C)c1. The van der Waals surface area contributed by atoms with Crippen molar-refractivity contribution in [1.29, 1.82) is 0 Å². The number of carbonyl (C=O) groups excluding carboxylic acids is 1. The molecule has 1 aromatic rings. The first-order valence-corrected chi connectivity index (χ1v) is 7.63. The lowest BCUT2D eigenvalue weighted by atomic mass is 10.2. The Labute approximate surface area is 123 Å². The Bertz CT molecular complexity index is 395. The van der Waals surface area contributed by atoms with Gasteiger partial charge in [-0.3, -0.25) is 4.79 Å². The van der Waals surface area contributed by atoms with Gasteiger partial charge in [0.25, 0.3) is 0 Å². The number of halogens is 1. The van der Waals surface area contributed by atoms with Crippen LogP contribution in [0.15, 0.2) is 24.3 Å². The number of amides is 1. The molecule has 1 amide bonds. The Kier molecular flexibility index (Phi) is 7.56. The lowest BCUT2D eigenvalue weighted by molar-refractivity contribution is -0.121. The van der Waals surface area contributed by atoms with Crippen molar-refractivity contribution in [3.8, 4) is 5.75 Å². The average Bonchev–Trinajstić information content (AvgIpc) is 2.37. The Morgan fingerprint density at radius 1 is 1.47 bits per heavy atom. The lowest BCUT2D eigenvalue weighted by Crippen LogP contribution is -2.30. The molecule has 4 heteroatoms. The Hall–Kier alpha value is -1.03. The molecule has 106 valence electrons. The van der Waals surface area contributed by atoms with E-state index in [1.807, 2.05) is 31.2 Å². The summed E-state index contributed by atoms with van der Waals surface area (Å²) in [5.74, 6) is 0.852. The minimum absolute atomic E-state index is 0.0354. The topological polar surface area (TPSA) is 38.3 Å². The van der Waals surface area contributed by atoms with Gasteiger partial charge in [-0.1, -0.05) is 41.4 Å². The van der Waals surface area contributed by atoms with Gasteiger partial charge in [0.15, 0.2) is 0 Å². The van der Waals surface area contributed by atoms with Gasteiger partial charge in [0.2, 0.25) is 5.91 Å². The zero-order valence-corrected chi connectivity index (χ0v) is 13.2. The van der Waals surface area contributed by atoms with E-state index < -0.39 is 0 Å². The predicted molar refractivity (Wildman–Crippen MR) is 81.9 cm³/mol. The number of carbonyl (C=O) groups is 1. The molecule has 0 saturated heterocycles. The molecule has 0 heterocycles. The first-order chi connectivity index (χ1) is 9.11. The monoisotopic (exact) mass is 327 g/mol. The van der Waals surface area contributed by atoms with Gasteiger partial charge in [-0.25, -0.2) is 0 Å². The number of benzene rings is 1. The summed E-state index contributed by atoms with van der Waals surface area (Å²) in [6, 6.07) is 7.84. The van der Waals surface area contributed by atoms with E-state index in [0.717, 1.165) is 24.2 Å². The standard InChI is InChI=1S/C15H22BrNO2/c1-3-5-13(16)11-17-15(18)8-9-19-14-7-4-6-12(2)10-14/h4,6-7,10,13H,3,5,8-9,11H2,1-2H3,(H,17,18). The van der Waals surface area contributed by atoms with Crippen molar-refractivity contribution in [1.82, 2.24) is 5.32 Å². The van der Waals surface area contributed by atoms with Crippen LogP contribution in [-0.2, 0) is 4.79 Å². The average molecular weight is 328 g/mol. The molecule has 0 aromatic heterocycles. The van der Waals surface area contributed by atoms with Crippen molar-refractivity contribution in [2.75, 3.05) is 13.2 Å². The van der Waals surface area contributed by atoms with Gasteiger partial charge in [0.1, 0.15) is 5.75 Å². The van der Waals surface area contributed by atoms with Gasteiger partial charge in [0, 0.05) is 11.4 Å². The normalized spacial score (nSPS) is 11.9. The molecule has 19 heavy (non-hydrogen) atoms. The van der Waals surface area contributed by atoms with Gasteiger partial charge in [-0.15, -0.1) is 0 Å². The lowest BCUT2D eigenvalue weighted by Gasteiger charge is -2.10. The van der Waals surface area contributed by atoms with Crippen LogP contribution in [0.1, 0.15) is 31.7 Å². The molecule has 0 spiro atoms. The van der Waals surface area contributed by atoms with E-state index in [1.165, 1.54) is 0 Å². The molecule has 1 atom stereocenters. The van der Waals surface area contributed by atoms with E-state index in [-0.39, 0.29) is 5.91 Å². The highest BCUT2D eigenvalue weighted by atomic mass is 79.9. The van der Waals surface area contributed by atoms with Gasteiger partial charge < -0.3 is 10.1 Å². The van der Waals surface area contributed by atoms with E-state index in [9.17, 15) is 4.79 Å². The quantitative estimate of drug-likeness (QED) is 0.743. The van der Waals surface area contributed by atoms with E-state index >= 15 is 0 Å². The first kappa shape index (κ1) is 16.0. The number of rotatable bonds is 8. The largest absolute Gasteiger partial charge is 0.493 e. The molecule has 1 rings (SSSR count). The molecule has 0 aliphatic rings. The van der Waals surface area contributed by atoms with Crippen LogP contribution in [0.5, 0.6) is 5.75 Å². The van der Waals surface area contributed by atoms with Crippen LogP contribution in [0, 0.1) is 6.92 Å². The summed E-state index contributed by atoms with van der Waals surface area (Å²) in [6.45, 7) is 5.24. The molecule has 0 aliphatic heterocycles. The molecular weight excluding hydrogens is 306 g/mol. The number of aryl methyl sites for hydroxylation is 1. The third kappa shape index (κ3) is 7.21. The summed E-state index contributed by atoms with van der Waals surface area (Å²) < 4.78 is 5.54. The zero-order chi connectivity index (χ0) is 14.1. The van der Waals surface area contributed by atoms with Crippen molar-refractivity contribution >= 4 is 21.8 Å². The van der Waals surface area contributed by atoms with Crippen LogP contribution in [-0.4, -0.2) is 23.9 Å². The molecule has 0 aliphatic carbocycles. The molecule has 0 radical (unpaired) electrons. The van der Waals surface area contributed by atoms with Crippen LogP contribution >= 0.6 is 15.9 Å².